The maximum absolute atomic E-state index is 5.67. The molecule has 0 aromatic heterocycles. The normalized spacial score (nSPS) is 9.18. The highest BCUT2D eigenvalue weighted by Gasteiger charge is 1.87. The zero-order valence-corrected chi connectivity index (χ0v) is 6.68. The summed E-state index contributed by atoms with van der Waals surface area (Å²) in [5.74, 6) is 0.298. The van der Waals surface area contributed by atoms with Crippen LogP contribution in [0.5, 0.6) is 0 Å². The maximum atomic E-state index is 5.67. The van der Waals surface area contributed by atoms with Crippen molar-refractivity contribution in [3.63, 3.8) is 0 Å². The SMILES string of the molecule is NC(N)=Cc1ccc(Cl)cc1. The molecule has 3 heteroatoms. The Hall–Kier alpha value is -1.15. The molecule has 1 aromatic rings. The monoisotopic (exact) mass is 168 g/mol. The first-order chi connectivity index (χ1) is 5.18. The highest BCUT2D eigenvalue weighted by Crippen LogP contribution is 2.10. The van der Waals surface area contributed by atoms with Crippen LogP contribution < -0.4 is 11.5 Å². The van der Waals surface area contributed by atoms with Crippen LogP contribution >= 0.6 is 11.6 Å². The zero-order chi connectivity index (χ0) is 8.27. The molecule has 0 bridgehead atoms. The van der Waals surface area contributed by atoms with Gasteiger partial charge in [0.1, 0.15) is 0 Å². The molecule has 0 unspecified atom stereocenters. The second-order valence-corrected chi connectivity index (χ2v) is 2.63. The molecular weight excluding hydrogens is 160 g/mol. The summed E-state index contributed by atoms with van der Waals surface area (Å²) in [5, 5.41) is 0.706. The first-order valence-electron chi connectivity index (χ1n) is 3.17. The molecule has 0 saturated carbocycles. The van der Waals surface area contributed by atoms with Crippen LogP contribution in [0.3, 0.4) is 0 Å². The van der Waals surface area contributed by atoms with Crippen molar-refractivity contribution in [3.8, 4) is 0 Å². The van der Waals surface area contributed by atoms with Crippen LogP contribution in [0.2, 0.25) is 5.02 Å². The van der Waals surface area contributed by atoms with E-state index in [1.165, 1.54) is 0 Å². The lowest BCUT2D eigenvalue weighted by atomic mass is 10.2. The summed E-state index contributed by atoms with van der Waals surface area (Å²) in [6.07, 6.45) is 1.68. The molecule has 1 rings (SSSR count). The smallest absolute Gasteiger partial charge is 0.0939 e. The summed E-state index contributed by atoms with van der Waals surface area (Å²) in [4.78, 5) is 0. The van der Waals surface area contributed by atoms with Gasteiger partial charge in [0.15, 0.2) is 0 Å². The van der Waals surface area contributed by atoms with Crippen LogP contribution in [0.1, 0.15) is 5.56 Å². The standard InChI is InChI=1S/C8H9ClN2/c9-7-3-1-6(2-4-7)5-8(10)11/h1-5H,10-11H2. The predicted octanol–water partition coefficient (Wildman–Crippen LogP) is 1.56. The zero-order valence-electron chi connectivity index (χ0n) is 5.92. The molecule has 0 aliphatic heterocycles. The van der Waals surface area contributed by atoms with Gasteiger partial charge >= 0.3 is 0 Å². The second-order valence-electron chi connectivity index (χ2n) is 2.20. The number of rotatable bonds is 1. The van der Waals surface area contributed by atoms with Crippen molar-refractivity contribution in [2.75, 3.05) is 0 Å². The lowest BCUT2D eigenvalue weighted by Crippen LogP contribution is -2.06. The van der Waals surface area contributed by atoms with Crippen LogP contribution in [-0.2, 0) is 0 Å². The Morgan fingerprint density at radius 1 is 1.18 bits per heavy atom. The van der Waals surface area contributed by atoms with Gasteiger partial charge in [-0.2, -0.15) is 0 Å². The molecular formula is C8H9ClN2. The summed E-state index contributed by atoms with van der Waals surface area (Å²) in [7, 11) is 0. The Balaban J connectivity index is 2.91. The van der Waals surface area contributed by atoms with E-state index in [1.54, 1.807) is 18.2 Å². The topological polar surface area (TPSA) is 52.0 Å². The van der Waals surface area contributed by atoms with Gasteiger partial charge in [0.2, 0.25) is 0 Å². The molecule has 1 aromatic carbocycles. The van der Waals surface area contributed by atoms with Gasteiger partial charge in [-0.15, -0.1) is 0 Å². The fourth-order valence-corrected chi connectivity index (χ4v) is 0.877. The number of hydrogen-bond acceptors (Lipinski definition) is 2. The Labute approximate surface area is 70.5 Å². The van der Waals surface area contributed by atoms with Crippen molar-refractivity contribution in [1.29, 1.82) is 0 Å². The molecule has 0 amide bonds. The van der Waals surface area contributed by atoms with Crippen molar-refractivity contribution < 1.29 is 0 Å². The van der Waals surface area contributed by atoms with Crippen LogP contribution in [0, 0.1) is 0 Å². The molecule has 0 atom stereocenters. The Morgan fingerprint density at radius 3 is 2.18 bits per heavy atom. The molecule has 0 aliphatic carbocycles. The summed E-state index contributed by atoms with van der Waals surface area (Å²) in [6.45, 7) is 0. The van der Waals surface area contributed by atoms with Gasteiger partial charge in [0.25, 0.3) is 0 Å². The van der Waals surface area contributed by atoms with Gasteiger partial charge < -0.3 is 11.5 Å². The minimum atomic E-state index is 0.298. The minimum Gasteiger partial charge on any atom is -0.386 e. The van der Waals surface area contributed by atoms with E-state index in [-0.39, 0.29) is 0 Å². The largest absolute Gasteiger partial charge is 0.386 e. The minimum absolute atomic E-state index is 0.298. The van der Waals surface area contributed by atoms with E-state index in [2.05, 4.69) is 0 Å². The van der Waals surface area contributed by atoms with Crippen molar-refractivity contribution in [2.45, 2.75) is 0 Å². The molecule has 58 valence electrons. The first-order valence-corrected chi connectivity index (χ1v) is 3.54. The van der Waals surface area contributed by atoms with E-state index in [0.29, 0.717) is 10.8 Å². The average Bonchev–Trinajstić information content (AvgIpc) is 1.93. The lowest BCUT2D eigenvalue weighted by Gasteiger charge is -1.94. The molecule has 0 radical (unpaired) electrons. The van der Waals surface area contributed by atoms with Gasteiger partial charge in [0.05, 0.1) is 5.82 Å². The van der Waals surface area contributed by atoms with E-state index >= 15 is 0 Å². The van der Waals surface area contributed by atoms with Gasteiger partial charge in [-0.25, -0.2) is 0 Å². The fourth-order valence-electron chi connectivity index (χ4n) is 0.751. The van der Waals surface area contributed by atoms with Crippen molar-refractivity contribution in [1.82, 2.24) is 0 Å². The molecule has 0 saturated heterocycles. The van der Waals surface area contributed by atoms with E-state index in [9.17, 15) is 0 Å². The average molecular weight is 169 g/mol. The number of nitrogens with two attached hydrogens (primary N) is 2. The summed E-state index contributed by atoms with van der Waals surface area (Å²) < 4.78 is 0. The molecule has 2 nitrogen and oxygen atoms in total. The molecule has 0 fully saturated rings. The van der Waals surface area contributed by atoms with Gasteiger partial charge in [0, 0.05) is 5.02 Å². The van der Waals surface area contributed by atoms with Crippen LogP contribution in [0.25, 0.3) is 6.08 Å². The quantitative estimate of drug-likeness (QED) is 0.669. The lowest BCUT2D eigenvalue weighted by molar-refractivity contribution is 1.27. The fraction of sp³-hybridized carbons (Fsp3) is 0. The van der Waals surface area contributed by atoms with E-state index in [1.807, 2.05) is 12.1 Å². The second kappa shape index (κ2) is 3.30. The Bertz CT molecular complexity index is 260. The van der Waals surface area contributed by atoms with Crippen molar-refractivity contribution >= 4 is 17.7 Å². The molecule has 11 heavy (non-hydrogen) atoms. The van der Waals surface area contributed by atoms with E-state index in [4.69, 9.17) is 23.1 Å². The highest BCUT2D eigenvalue weighted by atomic mass is 35.5. The third kappa shape index (κ3) is 2.51. The number of benzene rings is 1. The van der Waals surface area contributed by atoms with Crippen LogP contribution in [-0.4, -0.2) is 0 Å². The van der Waals surface area contributed by atoms with E-state index < -0.39 is 0 Å². The maximum Gasteiger partial charge on any atom is 0.0939 e. The van der Waals surface area contributed by atoms with Crippen LogP contribution in [0.4, 0.5) is 0 Å². The molecule has 0 heterocycles. The number of halogens is 1. The molecule has 4 N–H and O–H groups in total. The predicted molar refractivity (Wildman–Crippen MR) is 47.8 cm³/mol. The third-order valence-corrected chi connectivity index (χ3v) is 1.46. The van der Waals surface area contributed by atoms with Gasteiger partial charge in [-0.05, 0) is 23.8 Å². The summed E-state index contributed by atoms with van der Waals surface area (Å²) in [6, 6.07) is 7.27. The highest BCUT2D eigenvalue weighted by molar-refractivity contribution is 6.30. The van der Waals surface area contributed by atoms with Gasteiger partial charge in [-0.1, -0.05) is 23.7 Å². The Kier molecular flexibility index (Phi) is 2.39. The molecule has 0 aliphatic rings. The third-order valence-electron chi connectivity index (χ3n) is 1.20. The van der Waals surface area contributed by atoms with E-state index in [0.717, 1.165) is 5.56 Å². The molecule has 0 spiro atoms. The van der Waals surface area contributed by atoms with Crippen molar-refractivity contribution in [3.05, 3.63) is 40.7 Å². The summed E-state index contributed by atoms with van der Waals surface area (Å²) in [5.41, 5.74) is 11.5. The van der Waals surface area contributed by atoms with Crippen LogP contribution in [0.15, 0.2) is 30.1 Å². The Morgan fingerprint density at radius 2 is 1.73 bits per heavy atom. The first kappa shape index (κ1) is 7.95. The summed E-state index contributed by atoms with van der Waals surface area (Å²) >= 11 is 5.67. The number of hydrogen-bond donors (Lipinski definition) is 2. The van der Waals surface area contributed by atoms with Crippen molar-refractivity contribution in [2.24, 2.45) is 11.5 Å². The van der Waals surface area contributed by atoms with Gasteiger partial charge in [-0.3, -0.25) is 0 Å².